The number of carbonyl (C=O) groups is 2. The third-order valence-electron chi connectivity index (χ3n) is 3.39. The van der Waals surface area contributed by atoms with E-state index in [1.165, 1.54) is 16.2 Å². The summed E-state index contributed by atoms with van der Waals surface area (Å²) in [4.78, 5) is 32.0. The first-order valence-corrected chi connectivity index (χ1v) is 9.01. The van der Waals surface area contributed by atoms with E-state index in [-0.39, 0.29) is 24.4 Å². The van der Waals surface area contributed by atoms with Gasteiger partial charge in [0.25, 0.3) is 0 Å². The Hall–Kier alpha value is -2.41. The summed E-state index contributed by atoms with van der Waals surface area (Å²) in [5.74, 6) is 0.0334. The highest BCUT2D eigenvalue weighted by Gasteiger charge is 2.20. The van der Waals surface area contributed by atoms with Gasteiger partial charge >= 0.3 is 6.03 Å². The predicted octanol–water partition coefficient (Wildman–Crippen LogP) is 3.39. The van der Waals surface area contributed by atoms with E-state index in [1.54, 1.807) is 19.0 Å². The fraction of sp³-hybridized carbons (Fsp3) is 0.389. The quantitative estimate of drug-likeness (QED) is 0.859. The lowest BCUT2D eigenvalue weighted by Crippen LogP contribution is -2.45. The van der Waals surface area contributed by atoms with Crippen molar-refractivity contribution in [1.29, 1.82) is 0 Å². The van der Waals surface area contributed by atoms with Crippen LogP contribution in [0.5, 0.6) is 0 Å². The molecule has 0 fully saturated rings. The molecule has 0 aliphatic rings. The number of nitrogens with one attached hydrogen (secondary N) is 1. The van der Waals surface area contributed by atoms with Gasteiger partial charge in [-0.2, -0.15) is 0 Å². The second-order valence-corrected chi connectivity index (χ2v) is 7.26. The number of nitrogens with zero attached hydrogens (tertiary/aromatic N) is 3. The maximum atomic E-state index is 12.3. The average Bonchev–Trinajstić information content (AvgIpc) is 3.02. The first-order chi connectivity index (χ1) is 11.9. The molecule has 2 rings (SSSR count). The number of aromatic nitrogens is 1. The van der Waals surface area contributed by atoms with Gasteiger partial charge in [0.1, 0.15) is 6.54 Å². The molecule has 0 saturated carbocycles. The fourth-order valence-electron chi connectivity index (χ4n) is 2.34. The number of anilines is 1. The van der Waals surface area contributed by atoms with Gasteiger partial charge in [-0.15, -0.1) is 11.3 Å². The summed E-state index contributed by atoms with van der Waals surface area (Å²) in [5.41, 5.74) is 1.83. The van der Waals surface area contributed by atoms with Crippen LogP contribution in [0.25, 0.3) is 11.3 Å². The summed E-state index contributed by atoms with van der Waals surface area (Å²) in [6.45, 7) is 4.56. The number of carbonyl (C=O) groups excluding carboxylic acids is 2. The predicted molar refractivity (Wildman–Crippen MR) is 102 cm³/mol. The third kappa shape index (κ3) is 5.56. The smallest absolute Gasteiger partial charge is 0.319 e. The van der Waals surface area contributed by atoms with E-state index in [4.69, 9.17) is 0 Å². The van der Waals surface area contributed by atoms with E-state index in [2.05, 4.69) is 10.3 Å². The molecule has 0 aliphatic heterocycles. The molecule has 6 nitrogen and oxygen atoms in total. The normalized spacial score (nSPS) is 10.6. The molecule has 1 heterocycles. The Kier molecular flexibility index (Phi) is 6.52. The zero-order chi connectivity index (χ0) is 18.4. The maximum absolute atomic E-state index is 12.3. The van der Waals surface area contributed by atoms with Crippen molar-refractivity contribution in [3.63, 3.8) is 0 Å². The Morgan fingerprint density at radius 2 is 1.88 bits per heavy atom. The van der Waals surface area contributed by atoms with E-state index in [0.29, 0.717) is 11.7 Å². The van der Waals surface area contributed by atoms with Gasteiger partial charge < -0.3 is 15.1 Å². The Labute approximate surface area is 152 Å². The molecule has 7 heteroatoms. The molecule has 0 spiro atoms. The van der Waals surface area contributed by atoms with Gasteiger partial charge in [0.15, 0.2) is 5.13 Å². The molecule has 2 aromatic rings. The average molecular weight is 360 g/mol. The first-order valence-electron chi connectivity index (χ1n) is 8.14. The lowest BCUT2D eigenvalue weighted by atomic mass is 10.2. The van der Waals surface area contributed by atoms with E-state index >= 15 is 0 Å². The van der Waals surface area contributed by atoms with Crippen LogP contribution < -0.4 is 5.32 Å². The Morgan fingerprint density at radius 3 is 2.48 bits per heavy atom. The molecule has 0 aliphatic carbocycles. The summed E-state index contributed by atoms with van der Waals surface area (Å²) in [5, 5.41) is 5.22. The molecule has 1 aromatic heterocycles. The number of hydrogen-bond acceptors (Lipinski definition) is 4. The SMILES string of the molecule is CC(C)CN(CC(=O)Nc1nc(-c2ccccc2)cs1)C(=O)N(C)C. The van der Waals surface area contributed by atoms with Gasteiger partial charge in [-0.25, -0.2) is 9.78 Å². The molecular weight excluding hydrogens is 336 g/mol. The van der Waals surface area contributed by atoms with E-state index in [1.807, 2.05) is 49.6 Å². The van der Waals surface area contributed by atoms with Crippen LogP contribution in [0.3, 0.4) is 0 Å². The van der Waals surface area contributed by atoms with E-state index < -0.39 is 0 Å². The summed E-state index contributed by atoms with van der Waals surface area (Å²) in [7, 11) is 3.36. The van der Waals surface area contributed by atoms with Crippen LogP contribution in [0.2, 0.25) is 0 Å². The molecule has 0 atom stereocenters. The minimum atomic E-state index is -0.246. The molecule has 1 aromatic carbocycles. The van der Waals surface area contributed by atoms with Crippen LogP contribution >= 0.6 is 11.3 Å². The number of urea groups is 1. The highest BCUT2D eigenvalue weighted by molar-refractivity contribution is 7.14. The van der Waals surface area contributed by atoms with Crippen LogP contribution in [-0.4, -0.2) is 53.9 Å². The standard InChI is InChI=1S/C18H24N4O2S/c1-13(2)10-22(18(24)21(3)4)11-16(23)20-17-19-15(12-25-17)14-8-6-5-7-9-14/h5-9,12-13H,10-11H2,1-4H3,(H,19,20,23). The summed E-state index contributed by atoms with van der Waals surface area (Å²) < 4.78 is 0. The molecule has 1 N–H and O–H groups in total. The van der Waals surface area contributed by atoms with Crippen molar-refractivity contribution in [2.45, 2.75) is 13.8 Å². The Bertz CT molecular complexity index is 713. The van der Waals surface area contributed by atoms with Crippen LogP contribution in [0.1, 0.15) is 13.8 Å². The van der Waals surface area contributed by atoms with E-state index in [9.17, 15) is 9.59 Å². The van der Waals surface area contributed by atoms with Gasteiger partial charge in [0.05, 0.1) is 5.69 Å². The minimum absolute atomic E-state index is 0.00937. The number of amides is 3. The lowest BCUT2D eigenvalue weighted by molar-refractivity contribution is -0.116. The minimum Gasteiger partial charge on any atom is -0.331 e. The molecular formula is C18H24N4O2S. The zero-order valence-corrected chi connectivity index (χ0v) is 15.8. The highest BCUT2D eigenvalue weighted by Crippen LogP contribution is 2.24. The van der Waals surface area contributed by atoms with Crippen molar-refractivity contribution in [1.82, 2.24) is 14.8 Å². The second-order valence-electron chi connectivity index (χ2n) is 6.40. The molecule has 0 saturated heterocycles. The lowest BCUT2D eigenvalue weighted by Gasteiger charge is -2.26. The first kappa shape index (κ1) is 18.9. The van der Waals surface area contributed by atoms with Crippen LogP contribution in [0, 0.1) is 5.92 Å². The fourth-order valence-corrected chi connectivity index (χ4v) is 3.07. The van der Waals surface area contributed by atoms with Gasteiger partial charge in [0.2, 0.25) is 5.91 Å². The third-order valence-corrected chi connectivity index (χ3v) is 4.15. The van der Waals surface area contributed by atoms with E-state index in [0.717, 1.165) is 11.3 Å². The second kappa shape index (κ2) is 8.62. The maximum Gasteiger partial charge on any atom is 0.319 e. The van der Waals surface area contributed by atoms with Crippen molar-refractivity contribution in [2.75, 3.05) is 32.5 Å². The number of hydrogen-bond donors (Lipinski definition) is 1. The number of benzene rings is 1. The zero-order valence-electron chi connectivity index (χ0n) is 15.0. The van der Waals surface area contributed by atoms with Crippen molar-refractivity contribution in [3.8, 4) is 11.3 Å². The molecule has 134 valence electrons. The summed E-state index contributed by atoms with van der Waals surface area (Å²) >= 11 is 1.37. The molecule has 0 unspecified atom stereocenters. The van der Waals surface area contributed by atoms with Gasteiger partial charge in [0, 0.05) is 31.6 Å². The molecule has 0 radical (unpaired) electrons. The van der Waals surface area contributed by atoms with Crippen molar-refractivity contribution in [3.05, 3.63) is 35.7 Å². The largest absolute Gasteiger partial charge is 0.331 e. The Balaban J connectivity index is 2.01. The summed E-state index contributed by atoms with van der Waals surface area (Å²) in [6, 6.07) is 9.62. The van der Waals surface area contributed by atoms with Crippen molar-refractivity contribution < 1.29 is 9.59 Å². The highest BCUT2D eigenvalue weighted by atomic mass is 32.1. The number of rotatable bonds is 6. The molecule has 3 amide bonds. The van der Waals surface area contributed by atoms with Gasteiger partial charge in [-0.1, -0.05) is 44.2 Å². The van der Waals surface area contributed by atoms with Crippen LogP contribution in [0.15, 0.2) is 35.7 Å². The van der Waals surface area contributed by atoms with Gasteiger partial charge in [-0.05, 0) is 5.92 Å². The van der Waals surface area contributed by atoms with Gasteiger partial charge in [-0.3, -0.25) is 4.79 Å². The van der Waals surface area contributed by atoms with Crippen LogP contribution in [0.4, 0.5) is 9.93 Å². The monoisotopic (exact) mass is 360 g/mol. The molecule has 25 heavy (non-hydrogen) atoms. The van der Waals surface area contributed by atoms with Crippen molar-refractivity contribution >= 4 is 28.4 Å². The number of thiazole rings is 1. The van der Waals surface area contributed by atoms with Crippen LogP contribution in [-0.2, 0) is 4.79 Å². The topological polar surface area (TPSA) is 65.5 Å². The summed E-state index contributed by atoms with van der Waals surface area (Å²) in [6.07, 6.45) is 0. The molecule has 0 bridgehead atoms. The van der Waals surface area contributed by atoms with Crippen molar-refractivity contribution in [2.24, 2.45) is 5.92 Å². The Morgan fingerprint density at radius 1 is 1.20 bits per heavy atom.